The normalized spacial score (nSPS) is 16.0. The quantitative estimate of drug-likeness (QED) is 0.943. The van der Waals surface area contributed by atoms with Crippen molar-refractivity contribution >= 4 is 17.2 Å². The minimum Gasteiger partial charge on any atom is -0.337 e. The molecule has 22 heavy (non-hydrogen) atoms. The minimum atomic E-state index is 0.0707. The SMILES string of the molecule is CNCC1CCN(C(=O)c2csc(-c3ccccc3)n2)CC1. The van der Waals surface area contributed by atoms with Gasteiger partial charge in [-0.3, -0.25) is 4.79 Å². The first-order valence-electron chi connectivity index (χ1n) is 7.72. The van der Waals surface area contributed by atoms with E-state index in [4.69, 9.17) is 0 Å². The van der Waals surface area contributed by atoms with Crippen LogP contribution in [0.5, 0.6) is 0 Å². The number of benzene rings is 1. The third-order valence-electron chi connectivity index (χ3n) is 4.14. The predicted molar refractivity (Wildman–Crippen MR) is 90.1 cm³/mol. The Morgan fingerprint density at radius 2 is 2.05 bits per heavy atom. The van der Waals surface area contributed by atoms with Crippen molar-refractivity contribution in [2.24, 2.45) is 5.92 Å². The van der Waals surface area contributed by atoms with Crippen LogP contribution in [0.25, 0.3) is 10.6 Å². The molecule has 2 heterocycles. The van der Waals surface area contributed by atoms with E-state index in [9.17, 15) is 4.79 Å². The van der Waals surface area contributed by atoms with Crippen molar-refractivity contribution in [1.82, 2.24) is 15.2 Å². The Kier molecular flexibility index (Phi) is 4.85. The number of hydrogen-bond acceptors (Lipinski definition) is 4. The van der Waals surface area contributed by atoms with Crippen molar-refractivity contribution in [2.45, 2.75) is 12.8 Å². The van der Waals surface area contributed by atoms with Crippen molar-refractivity contribution < 1.29 is 4.79 Å². The van der Waals surface area contributed by atoms with Gasteiger partial charge in [-0.25, -0.2) is 4.98 Å². The molecule has 4 nitrogen and oxygen atoms in total. The number of amides is 1. The largest absolute Gasteiger partial charge is 0.337 e. The van der Waals surface area contributed by atoms with Crippen molar-refractivity contribution in [1.29, 1.82) is 0 Å². The van der Waals surface area contributed by atoms with E-state index in [1.54, 1.807) is 0 Å². The molecule has 1 aliphatic rings. The summed E-state index contributed by atoms with van der Waals surface area (Å²) >= 11 is 1.54. The highest BCUT2D eigenvalue weighted by molar-refractivity contribution is 7.13. The second-order valence-corrected chi connectivity index (χ2v) is 6.56. The predicted octanol–water partition coefficient (Wildman–Crippen LogP) is 2.88. The number of hydrogen-bond donors (Lipinski definition) is 1. The molecule has 1 aliphatic heterocycles. The second kappa shape index (κ2) is 7.03. The zero-order valence-corrected chi connectivity index (χ0v) is 13.6. The fourth-order valence-electron chi connectivity index (χ4n) is 2.88. The summed E-state index contributed by atoms with van der Waals surface area (Å²) in [6, 6.07) is 10.0. The number of carbonyl (C=O) groups is 1. The summed E-state index contributed by atoms with van der Waals surface area (Å²) in [5.41, 5.74) is 1.65. The lowest BCUT2D eigenvalue weighted by atomic mass is 9.97. The molecular weight excluding hydrogens is 294 g/mol. The van der Waals surface area contributed by atoms with Gasteiger partial charge in [-0.15, -0.1) is 11.3 Å². The monoisotopic (exact) mass is 315 g/mol. The maximum absolute atomic E-state index is 12.6. The van der Waals surface area contributed by atoms with Gasteiger partial charge in [0.2, 0.25) is 0 Å². The number of nitrogens with one attached hydrogen (secondary N) is 1. The molecule has 0 saturated carbocycles. The molecule has 1 aromatic carbocycles. The number of nitrogens with zero attached hydrogens (tertiary/aromatic N) is 2. The minimum absolute atomic E-state index is 0.0707. The second-order valence-electron chi connectivity index (χ2n) is 5.70. The number of rotatable bonds is 4. The van der Waals surface area contributed by atoms with Gasteiger partial charge in [0.1, 0.15) is 10.7 Å². The number of thiazole rings is 1. The molecule has 0 radical (unpaired) electrons. The molecule has 0 aliphatic carbocycles. The molecule has 2 aromatic rings. The van der Waals surface area contributed by atoms with Gasteiger partial charge in [0.25, 0.3) is 5.91 Å². The summed E-state index contributed by atoms with van der Waals surface area (Å²) < 4.78 is 0. The smallest absolute Gasteiger partial charge is 0.273 e. The molecule has 0 bridgehead atoms. The molecule has 0 unspecified atom stereocenters. The van der Waals surface area contributed by atoms with E-state index < -0.39 is 0 Å². The third-order valence-corrected chi connectivity index (χ3v) is 5.03. The Labute approximate surface area is 135 Å². The first kappa shape index (κ1) is 15.2. The molecule has 0 spiro atoms. The van der Waals surface area contributed by atoms with E-state index in [-0.39, 0.29) is 5.91 Å². The molecule has 1 saturated heterocycles. The topological polar surface area (TPSA) is 45.2 Å². The van der Waals surface area contributed by atoms with E-state index in [1.165, 1.54) is 11.3 Å². The Morgan fingerprint density at radius 3 is 2.73 bits per heavy atom. The Bertz CT molecular complexity index is 618. The zero-order valence-electron chi connectivity index (χ0n) is 12.8. The van der Waals surface area contributed by atoms with Crippen molar-refractivity contribution in [3.8, 4) is 10.6 Å². The Balaban J connectivity index is 1.65. The summed E-state index contributed by atoms with van der Waals surface area (Å²) in [5, 5.41) is 6.01. The summed E-state index contributed by atoms with van der Waals surface area (Å²) in [6.45, 7) is 2.71. The lowest BCUT2D eigenvalue weighted by Gasteiger charge is -2.31. The van der Waals surface area contributed by atoms with Crippen LogP contribution >= 0.6 is 11.3 Å². The Morgan fingerprint density at radius 1 is 1.32 bits per heavy atom. The average molecular weight is 315 g/mol. The molecule has 116 valence electrons. The maximum Gasteiger partial charge on any atom is 0.273 e. The molecular formula is C17H21N3OS. The van der Waals surface area contributed by atoms with Gasteiger partial charge >= 0.3 is 0 Å². The number of likely N-dealkylation sites (tertiary alicyclic amines) is 1. The molecule has 1 aromatic heterocycles. The van der Waals surface area contributed by atoms with Crippen molar-refractivity contribution in [3.63, 3.8) is 0 Å². The first-order valence-corrected chi connectivity index (χ1v) is 8.60. The molecule has 5 heteroatoms. The summed E-state index contributed by atoms with van der Waals surface area (Å²) in [7, 11) is 1.98. The first-order chi connectivity index (χ1) is 10.8. The number of aromatic nitrogens is 1. The van der Waals surface area contributed by atoms with Gasteiger partial charge in [-0.2, -0.15) is 0 Å². The van der Waals surface area contributed by atoms with Crippen LogP contribution in [0.15, 0.2) is 35.7 Å². The van der Waals surface area contributed by atoms with Crippen LogP contribution in [0.3, 0.4) is 0 Å². The van der Waals surface area contributed by atoms with Gasteiger partial charge in [0, 0.05) is 24.0 Å². The van der Waals surface area contributed by atoms with E-state index in [1.807, 2.05) is 47.7 Å². The zero-order chi connectivity index (χ0) is 15.4. The van der Waals surface area contributed by atoms with E-state index >= 15 is 0 Å². The molecule has 3 rings (SSSR count). The van der Waals surface area contributed by atoms with Crippen LogP contribution in [0.4, 0.5) is 0 Å². The Hall–Kier alpha value is -1.72. The van der Waals surface area contributed by atoms with Crippen LogP contribution in [0.1, 0.15) is 23.3 Å². The number of piperidine rings is 1. The highest BCUT2D eigenvalue weighted by atomic mass is 32.1. The summed E-state index contributed by atoms with van der Waals surface area (Å²) in [5.74, 6) is 0.755. The summed E-state index contributed by atoms with van der Waals surface area (Å²) in [6.07, 6.45) is 2.14. The van der Waals surface area contributed by atoms with Gasteiger partial charge in [-0.1, -0.05) is 30.3 Å². The average Bonchev–Trinajstić information content (AvgIpc) is 3.06. The molecule has 1 fully saturated rings. The van der Waals surface area contributed by atoms with Gasteiger partial charge in [0.05, 0.1) is 0 Å². The van der Waals surface area contributed by atoms with Crippen LogP contribution in [-0.4, -0.2) is 42.5 Å². The molecule has 1 N–H and O–H groups in total. The van der Waals surface area contributed by atoms with E-state index in [2.05, 4.69) is 10.3 Å². The lowest BCUT2D eigenvalue weighted by Crippen LogP contribution is -2.40. The third kappa shape index (κ3) is 3.36. The standard InChI is InChI=1S/C17H21N3OS/c1-18-11-13-7-9-20(10-8-13)17(21)15-12-22-16(19-15)14-5-3-2-4-6-14/h2-6,12-13,18H,7-11H2,1H3. The van der Waals surface area contributed by atoms with Crippen molar-refractivity contribution in [2.75, 3.05) is 26.7 Å². The van der Waals surface area contributed by atoms with E-state index in [0.717, 1.165) is 43.0 Å². The van der Waals surface area contributed by atoms with Crippen LogP contribution in [0.2, 0.25) is 0 Å². The fraction of sp³-hybridized carbons (Fsp3) is 0.412. The molecule has 0 atom stereocenters. The van der Waals surface area contributed by atoms with Crippen LogP contribution < -0.4 is 5.32 Å². The van der Waals surface area contributed by atoms with Gasteiger partial charge < -0.3 is 10.2 Å². The molecule has 1 amide bonds. The van der Waals surface area contributed by atoms with Gasteiger partial charge in [0.15, 0.2) is 0 Å². The van der Waals surface area contributed by atoms with Crippen LogP contribution in [-0.2, 0) is 0 Å². The lowest BCUT2D eigenvalue weighted by molar-refractivity contribution is 0.0686. The summed E-state index contributed by atoms with van der Waals surface area (Å²) in [4.78, 5) is 19.0. The highest BCUT2D eigenvalue weighted by Crippen LogP contribution is 2.25. The van der Waals surface area contributed by atoms with Gasteiger partial charge in [-0.05, 0) is 32.4 Å². The maximum atomic E-state index is 12.6. The fourth-order valence-corrected chi connectivity index (χ4v) is 3.68. The van der Waals surface area contributed by atoms with Crippen LogP contribution in [0, 0.1) is 5.92 Å². The highest BCUT2D eigenvalue weighted by Gasteiger charge is 2.24. The number of carbonyl (C=O) groups excluding carboxylic acids is 1. The van der Waals surface area contributed by atoms with Crippen molar-refractivity contribution in [3.05, 3.63) is 41.4 Å². The van der Waals surface area contributed by atoms with E-state index in [0.29, 0.717) is 11.6 Å².